The third-order valence-electron chi connectivity index (χ3n) is 4.37. The highest BCUT2D eigenvalue weighted by Gasteiger charge is 2.22. The van der Waals surface area contributed by atoms with Gasteiger partial charge in [-0.25, -0.2) is 0 Å². The van der Waals surface area contributed by atoms with Gasteiger partial charge < -0.3 is 19.6 Å². The highest BCUT2D eigenvalue weighted by atomic mass is 16.5. The van der Waals surface area contributed by atoms with Crippen LogP contribution in [0.5, 0.6) is 11.5 Å². The molecule has 0 saturated carbocycles. The highest BCUT2D eigenvalue weighted by molar-refractivity contribution is 5.58. The van der Waals surface area contributed by atoms with E-state index in [-0.39, 0.29) is 0 Å². The smallest absolute Gasteiger partial charge is 0.142 e. The van der Waals surface area contributed by atoms with E-state index in [2.05, 4.69) is 23.1 Å². The second-order valence-electron chi connectivity index (χ2n) is 5.98. The summed E-state index contributed by atoms with van der Waals surface area (Å²) in [6, 6.07) is 15.9. The molecule has 4 heteroatoms. The number of phenols is 1. The van der Waals surface area contributed by atoms with Crippen molar-refractivity contribution >= 4 is 5.69 Å². The van der Waals surface area contributed by atoms with Crippen molar-refractivity contribution in [1.82, 2.24) is 0 Å². The topological polar surface area (TPSA) is 37.1 Å². The second kappa shape index (κ2) is 7.38. The minimum Gasteiger partial charge on any atom is -0.508 e. The standard InChI is InChI=1S/C19H24N2O2/c1-2-23-19-6-4-3-5-18(19)21-13-11-20(12-14-21)15-16-7-9-17(22)10-8-16/h3-10,22H,2,11-15H2,1H3/p+1. The molecule has 3 rings (SSSR count). The van der Waals surface area contributed by atoms with E-state index in [0.717, 1.165) is 38.5 Å². The van der Waals surface area contributed by atoms with E-state index in [4.69, 9.17) is 4.74 Å². The SMILES string of the molecule is CCOc1ccccc1N1CC[NH+](Cc2ccc(O)cc2)CC1. The number of hydrogen-bond donors (Lipinski definition) is 2. The fourth-order valence-corrected chi connectivity index (χ4v) is 3.14. The summed E-state index contributed by atoms with van der Waals surface area (Å²) < 4.78 is 5.75. The first kappa shape index (κ1) is 15.7. The Morgan fingerprint density at radius 3 is 2.43 bits per heavy atom. The number of nitrogens with zero attached hydrogens (tertiary/aromatic N) is 1. The Hall–Kier alpha value is -2.20. The summed E-state index contributed by atoms with van der Waals surface area (Å²) in [7, 11) is 0. The van der Waals surface area contributed by atoms with Crippen LogP contribution in [0.2, 0.25) is 0 Å². The van der Waals surface area contributed by atoms with Crippen molar-refractivity contribution in [2.45, 2.75) is 13.5 Å². The number of ether oxygens (including phenoxy) is 1. The maximum Gasteiger partial charge on any atom is 0.142 e. The molecule has 2 aromatic rings. The van der Waals surface area contributed by atoms with E-state index in [1.807, 2.05) is 25.1 Å². The van der Waals surface area contributed by atoms with E-state index in [0.29, 0.717) is 12.4 Å². The van der Waals surface area contributed by atoms with Crippen molar-refractivity contribution in [3.8, 4) is 11.5 Å². The molecule has 0 unspecified atom stereocenters. The van der Waals surface area contributed by atoms with E-state index in [1.165, 1.54) is 11.3 Å². The van der Waals surface area contributed by atoms with Crippen LogP contribution in [0.3, 0.4) is 0 Å². The lowest BCUT2D eigenvalue weighted by atomic mass is 10.1. The molecule has 0 amide bonds. The first-order valence-electron chi connectivity index (χ1n) is 8.34. The Morgan fingerprint density at radius 1 is 1.04 bits per heavy atom. The quantitative estimate of drug-likeness (QED) is 0.882. The molecular formula is C19H25N2O2+. The molecule has 1 saturated heterocycles. The zero-order valence-corrected chi connectivity index (χ0v) is 13.7. The van der Waals surface area contributed by atoms with Crippen LogP contribution >= 0.6 is 0 Å². The molecule has 2 N–H and O–H groups in total. The van der Waals surface area contributed by atoms with Crippen LogP contribution in [-0.4, -0.2) is 37.9 Å². The van der Waals surface area contributed by atoms with E-state index in [9.17, 15) is 5.11 Å². The van der Waals surface area contributed by atoms with Crippen molar-refractivity contribution in [2.24, 2.45) is 0 Å². The Morgan fingerprint density at radius 2 is 1.74 bits per heavy atom. The minimum atomic E-state index is 0.334. The summed E-state index contributed by atoms with van der Waals surface area (Å²) in [5.74, 6) is 1.32. The highest BCUT2D eigenvalue weighted by Crippen LogP contribution is 2.27. The number of quaternary nitrogens is 1. The number of anilines is 1. The molecule has 4 nitrogen and oxygen atoms in total. The van der Waals surface area contributed by atoms with Gasteiger partial charge in [0.15, 0.2) is 0 Å². The number of phenolic OH excluding ortho intramolecular Hbond substituents is 1. The Balaban J connectivity index is 1.59. The molecule has 1 aliphatic heterocycles. The molecule has 0 atom stereocenters. The number of aromatic hydroxyl groups is 1. The van der Waals surface area contributed by atoms with Crippen LogP contribution in [0, 0.1) is 0 Å². The van der Waals surface area contributed by atoms with Crippen molar-refractivity contribution in [3.05, 3.63) is 54.1 Å². The average Bonchev–Trinajstić information content (AvgIpc) is 2.59. The molecule has 1 fully saturated rings. The van der Waals surface area contributed by atoms with Gasteiger partial charge in [0, 0.05) is 5.56 Å². The first-order valence-corrected chi connectivity index (χ1v) is 8.34. The van der Waals surface area contributed by atoms with E-state index >= 15 is 0 Å². The summed E-state index contributed by atoms with van der Waals surface area (Å²) in [6.45, 7) is 8.04. The second-order valence-corrected chi connectivity index (χ2v) is 5.98. The number of benzene rings is 2. The summed E-state index contributed by atoms with van der Waals surface area (Å²) in [5.41, 5.74) is 2.49. The zero-order valence-electron chi connectivity index (χ0n) is 13.7. The van der Waals surface area contributed by atoms with E-state index in [1.54, 1.807) is 17.0 Å². The lowest BCUT2D eigenvalue weighted by molar-refractivity contribution is -0.914. The minimum absolute atomic E-state index is 0.334. The zero-order chi connectivity index (χ0) is 16.1. The van der Waals surface area contributed by atoms with Crippen molar-refractivity contribution in [2.75, 3.05) is 37.7 Å². The van der Waals surface area contributed by atoms with Gasteiger partial charge in [-0.05, 0) is 43.3 Å². The van der Waals surface area contributed by atoms with Gasteiger partial charge in [-0.2, -0.15) is 0 Å². The summed E-state index contributed by atoms with van der Waals surface area (Å²) in [4.78, 5) is 4.01. The lowest BCUT2D eigenvalue weighted by Crippen LogP contribution is -3.13. The molecule has 0 radical (unpaired) electrons. The van der Waals surface area contributed by atoms with Gasteiger partial charge in [0.1, 0.15) is 18.0 Å². The molecule has 0 spiro atoms. The van der Waals surface area contributed by atoms with Gasteiger partial charge in [-0.3, -0.25) is 0 Å². The summed E-state index contributed by atoms with van der Waals surface area (Å²) in [6.07, 6.45) is 0. The van der Waals surface area contributed by atoms with Crippen LogP contribution in [0.1, 0.15) is 12.5 Å². The fourth-order valence-electron chi connectivity index (χ4n) is 3.14. The van der Waals surface area contributed by atoms with Crippen LogP contribution in [0.25, 0.3) is 0 Å². The summed E-state index contributed by atoms with van der Waals surface area (Å²) in [5, 5.41) is 9.37. The third-order valence-corrected chi connectivity index (χ3v) is 4.37. The van der Waals surface area contributed by atoms with Crippen LogP contribution in [0.15, 0.2) is 48.5 Å². The Bertz CT molecular complexity index is 620. The molecule has 2 aromatic carbocycles. The van der Waals surface area contributed by atoms with Gasteiger partial charge in [-0.1, -0.05) is 12.1 Å². The normalized spacial score (nSPS) is 15.6. The summed E-state index contributed by atoms with van der Waals surface area (Å²) >= 11 is 0. The number of piperazine rings is 1. The fraction of sp³-hybridized carbons (Fsp3) is 0.368. The average molecular weight is 313 g/mol. The monoisotopic (exact) mass is 313 g/mol. The number of hydrogen-bond acceptors (Lipinski definition) is 3. The van der Waals surface area contributed by atoms with E-state index < -0.39 is 0 Å². The molecular weight excluding hydrogens is 288 g/mol. The maximum atomic E-state index is 9.37. The first-order chi connectivity index (χ1) is 11.3. The molecule has 1 aliphatic rings. The Kier molecular flexibility index (Phi) is 5.03. The third kappa shape index (κ3) is 3.96. The number of nitrogens with one attached hydrogen (secondary N) is 1. The van der Waals surface area contributed by atoms with Crippen molar-refractivity contribution in [3.63, 3.8) is 0 Å². The van der Waals surface area contributed by atoms with Crippen molar-refractivity contribution in [1.29, 1.82) is 0 Å². The molecule has 0 aliphatic carbocycles. The molecule has 0 bridgehead atoms. The predicted octanol–water partition coefficient (Wildman–Crippen LogP) is 1.70. The molecule has 1 heterocycles. The van der Waals surface area contributed by atoms with Gasteiger partial charge in [0.05, 0.1) is 38.5 Å². The van der Waals surface area contributed by atoms with Gasteiger partial charge >= 0.3 is 0 Å². The number of rotatable bonds is 5. The molecule has 0 aromatic heterocycles. The van der Waals surface area contributed by atoms with Crippen LogP contribution in [-0.2, 0) is 6.54 Å². The predicted molar refractivity (Wildman–Crippen MR) is 92.3 cm³/mol. The number of para-hydroxylation sites is 2. The largest absolute Gasteiger partial charge is 0.508 e. The molecule has 122 valence electrons. The van der Waals surface area contributed by atoms with Gasteiger partial charge in [-0.15, -0.1) is 0 Å². The van der Waals surface area contributed by atoms with Gasteiger partial charge in [0.25, 0.3) is 0 Å². The van der Waals surface area contributed by atoms with Crippen molar-refractivity contribution < 1.29 is 14.7 Å². The van der Waals surface area contributed by atoms with Crippen LogP contribution < -0.4 is 14.5 Å². The van der Waals surface area contributed by atoms with Gasteiger partial charge in [0.2, 0.25) is 0 Å². The Labute approximate surface area is 137 Å². The molecule has 23 heavy (non-hydrogen) atoms. The lowest BCUT2D eigenvalue weighted by Gasteiger charge is -2.34. The maximum absolute atomic E-state index is 9.37. The van der Waals surface area contributed by atoms with Crippen LogP contribution in [0.4, 0.5) is 5.69 Å².